The third-order valence-corrected chi connectivity index (χ3v) is 0.704. The quantitative estimate of drug-likeness (QED) is 0.359. The molecule has 0 fully saturated rings. The Balaban J connectivity index is 2.51. The zero-order valence-electron chi connectivity index (χ0n) is 3.66. The number of ether oxygens (including phenoxy) is 1. The molecule has 1 heterocycles. The maximum Gasteiger partial charge on any atom is 0.234 e. The molecule has 0 spiro atoms. The summed E-state index contributed by atoms with van der Waals surface area (Å²) in [5.74, 6) is 0.361. The van der Waals surface area contributed by atoms with Gasteiger partial charge in [-0.1, -0.05) is 5.16 Å². The Bertz CT molecular complexity index is 107. The van der Waals surface area contributed by atoms with Crippen molar-refractivity contribution >= 4 is 5.90 Å². The Morgan fingerprint density at radius 2 is 2.71 bits per heavy atom. The highest BCUT2D eigenvalue weighted by Crippen LogP contribution is 1.99. The number of nitrogens with zero attached hydrogens (tertiary/aromatic N) is 1. The van der Waals surface area contributed by atoms with Gasteiger partial charge in [-0.3, -0.25) is 0 Å². The topological polar surface area (TPSA) is 41.8 Å². The first-order valence-electron chi connectivity index (χ1n) is 1.96. The maximum atomic E-state index is 7.99. The van der Waals surface area contributed by atoms with Crippen LogP contribution in [0.25, 0.3) is 0 Å². The smallest absolute Gasteiger partial charge is 0.234 e. The maximum absolute atomic E-state index is 7.99. The Morgan fingerprint density at radius 1 is 1.86 bits per heavy atom. The minimum absolute atomic E-state index is 0.361. The molecule has 0 aliphatic carbocycles. The van der Waals surface area contributed by atoms with E-state index in [0.29, 0.717) is 12.3 Å². The van der Waals surface area contributed by atoms with Gasteiger partial charge in [0.1, 0.15) is 0 Å². The van der Waals surface area contributed by atoms with Crippen LogP contribution in [0, 0.1) is 0 Å². The minimum atomic E-state index is 0.361. The summed E-state index contributed by atoms with van der Waals surface area (Å²) in [4.78, 5) is 0. The van der Waals surface area contributed by atoms with E-state index >= 15 is 0 Å². The average Bonchev–Trinajstić information content (AvgIpc) is 2.14. The predicted octanol–water partition coefficient (Wildman–Crippen LogP) is 0.708. The molecule has 1 rings (SSSR count). The minimum Gasteiger partial charge on any atom is -0.448 e. The second-order valence-corrected chi connectivity index (χ2v) is 1.19. The Morgan fingerprint density at radius 3 is 3.00 bits per heavy atom. The Kier molecular flexibility index (Phi) is 0.978. The third kappa shape index (κ3) is 0.707. The highest BCUT2D eigenvalue weighted by Gasteiger charge is 2.00. The molecular weight excluding hydrogens is 94.0 g/mol. The normalized spacial score (nSPS) is 23.1. The summed E-state index contributed by atoms with van der Waals surface area (Å²) in [6, 6.07) is 0. The van der Waals surface area contributed by atoms with Gasteiger partial charge in [0, 0.05) is 6.42 Å². The van der Waals surface area contributed by atoms with Crippen LogP contribution in [0.2, 0.25) is 0 Å². The molecular formula is C4H5NO2. The van der Waals surface area contributed by atoms with Crippen LogP contribution in [0.15, 0.2) is 17.5 Å². The molecule has 0 unspecified atom stereocenters. The molecule has 0 aromatic carbocycles. The lowest BCUT2D eigenvalue weighted by Gasteiger charge is -1.86. The van der Waals surface area contributed by atoms with Gasteiger partial charge < -0.3 is 9.94 Å². The molecule has 0 bridgehead atoms. The first-order chi connectivity index (χ1) is 3.43. The molecule has 0 amide bonds. The zero-order chi connectivity index (χ0) is 5.11. The molecule has 0 atom stereocenters. The lowest BCUT2D eigenvalue weighted by molar-refractivity contribution is 0.297. The summed E-state index contributed by atoms with van der Waals surface area (Å²) in [5, 5.41) is 10.8. The molecule has 0 aromatic heterocycles. The van der Waals surface area contributed by atoms with Gasteiger partial charge in [0.2, 0.25) is 5.90 Å². The standard InChI is InChI=1S/C4H5NO2/c6-5-4-2-1-3-7-4/h1,3,6H,2H2/b5-4-. The highest BCUT2D eigenvalue weighted by molar-refractivity contribution is 5.79. The van der Waals surface area contributed by atoms with Crippen molar-refractivity contribution in [1.82, 2.24) is 0 Å². The van der Waals surface area contributed by atoms with Crippen LogP contribution in [0.1, 0.15) is 6.42 Å². The van der Waals surface area contributed by atoms with E-state index in [0.717, 1.165) is 0 Å². The molecule has 1 aliphatic heterocycles. The lowest BCUT2D eigenvalue weighted by Crippen LogP contribution is -1.90. The van der Waals surface area contributed by atoms with E-state index in [9.17, 15) is 0 Å². The molecule has 0 saturated heterocycles. The van der Waals surface area contributed by atoms with Crippen LogP contribution in [0.4, 0.5) is 0 Å². The first-order valence-corrected chi connectivity index (χ1v) is 1.96. The van der Waals surface area contributed by atoms with E-state index in [1.54, 1.807) is 6.08 Å². The van der Waals surface area contributed by atoms with E-state index in [1.165, 1.54) is 6.26 Å². The van der Waals surface area contributed by atoms with E-state index in [2.05, 4.69) is 9.89 Å². The van der Waals surface area contributed by atoms with Crippen molar-refractivity contribution in [2.75, 3.05) is 0 Å². The van der Waals surface area contributed by atoms with Crippen LogP contribution >= 0.6 is 0 Å². The summed E-state index contributed by atoms with van der Waals surface area (Å²) >= 11 is 0. The number of rotatable bonds is 0. The van der Waals surface area contributed by atoms with Gasteiger partial charge in [0.05, 0.1) is 6.26 Å². The van der Waals surface area contributed by atoms with Crippen LogP contribution < -0.4 is 0 Å². The van der Waals surface area contributed by atoms with Crippen LogP contribution in [-0.4, -0.2) is 11.1 Å². The molecule has 0 aromatic rings. The first kappa shape index (κ1) is 4.18. The second kappa shape index (κ2) is 1.64. The predicted molar refractivity (Wildman–Crippen MR) is 24.1 cm³/mol. The summed E-state index contributed by atoms with van der Waals surface area (Å²) < 4.78 is 4.62. The fourth-order valence-corrected chi connectivity index (χ4v) is 0.388. The molecule has 38 valence electrons. The lowest BCUT2D eigenvalue weighted by atomic mass is 10.5. The highest BCUT2D eigenvalue weighted by atomic mass is 16.5. The van der Waals surface area contributed by atoms with Gasteiger partial charge in [-0.15, -0.1) is 0 Å². The van der Waals surface area contributed by atoms with Gasteiger partial charge in [0.15, 0.2) is 0 Å². The summed E-state index contributed by atoms with van der Waals surface area (Å²) in [6.07, 6.45) is 3.88. The number of oxime groups is 1. The van der Waals surface area contributed by atoms with Crippen molar-refractivity contribution in [3.05, 3.63) is 12.3 Å². The van der Waals surface area contributed by atoms with Gasteiger partial charge in [-0.2, -0.15) is 0 Å². The van der Waals surface area contributed by atoms with E-state index in [4.69, 9.17) is 5.21 Å². The van der Waals surface area contributed by atoms with Crippen molar-refractivity contribution in [3.63, 3.8) is 0 Å². The van der Waals surface area contributed by atoms with Crippen molar-refractivity contribution in [1.29, 1.82) is 0 Å². The fourth-order valence-electron chi connectivity index (χ4n) is 0.388. The van der Waals surface area contributed by atoms with Crippen LogP contribution in [-0.2, 0) is 4.74 Å². The van der Waals surface area contributed by atoms with Gasteiger partial charge in [-0.05, 0) is 6.08 Å². The molecule has 3 heteroatoms. The number of hydrogen-bond acceptors (Lipinski definition) is 3. The van der Waals surface area contributed by atoms with Crippen LogP contribution in [0.3, 0.4) is 0 Å². The van der Waals surface area contributed by atoms with Gasteiger partial charge in [-0.25, -0.2) is 0 Å². The van der Waals surface area contributed by atoms with Crippen molar-refractivity contribution in [2.45, 2.75) is 6.42 Å². The molecule has 3 nitrogen and oxygen atoms in total. The fraction of sp³-hybridized carbons (Fsp3) is 0.250. The van der Waals surface area contributed by atoms with Crippen molar-refractivity contribution in [2.24, 2.45) is 5.16 Å². The van der Waals surface area contributed by atoms with Gasteiger partial charge >= 0.3 is 0 Å². The second-order valence-electron chi connectivity index (χ2n) is 1.19. The number of hydrogen-bond donors (Lipinski definition) is 1. The average molecular weight is 99.1 g/mol. The third-order valence-electron chi connectivity index (χ3n) is 0.704. The summed E-state index contributed by atoms with van der Waals surface area (Å²) in [7, 11) is 0. The molecule has 1 N–H and O–H groups in total. The van der Waals surface area contributed by atoms with Crippen molar-refractivity contribution < 1.29 is 9.94 Å². The van der Waals surface area contributed by atoms with E-state index < -0.39 is 0 Å². The van der Waals surface area contributed by atoms with E-state index in [1.807, 2.05) is 0 Å². The largest absolute Gasteiger partial charge is 0.448 e. The monoisotopic (exact) mass is 99.0 g/mol. The van der Waals surface area contributed by atoms with Gasteiger partial charge in [0.25, 0.3) is 0 Å². The molecule has 0 radical (unpaired) electrons. The summed E-state index contributed by atoms with van der Waals surface area (Å²) in [6.45, 7) is 0. The molecule has 7 heavy (non-hydrogen) atoms. The molecule has 0 saturated carbocycles. The zero-order valence-corrected chi connectivity index (χ0v) is 3.66. The Labute approximate surface area is 40.9 Å². The van der Waals surface area contributed by atoms with Crippen molar-refractivity contribution in [3.8, 4) is 0 Å². The van der Waals surface area contributed by atoms with Crippen LogP contribution in [0.5, 0.6) is 0 Å². The summed E-state index contributed by atoms with van der Waals surface area (Å²) in [5.41, 5.74) is 0. The Hall–Kier alpha value is -0.990. The van der Waals surface area contributed by atoms with E-state index in [-0.39, 0.29) is 0 Å². The molecule has 1 aliphatic rings. The SMILES string of the molecule is O/N=C1/CC=CO1.